The average Bonchev–Trinajstić information content (AvgIpc) is 2.91. The second-order valence-electron chi connectivity index (χ2n) is 10.7. The molecule has 0 aliphatic carbocycles. The Morgan fingerprint density at radius 3 is 2.38 bits per heavy atom. The topological polar surface area (TPSA) is 117 Å². The van der Waals surface area contributed by atoms with Crippen LogP contribution in [0.2, 0.25) is 0 Å². The fourth-order valence-corrected chi connectivity index (χ4v) is 4.32. The van der Waals surface area contributed by atoms with Gasteiger partial charge >= 0.3 is 0 Å². The maximum Gasteiger partial charge on any atom is 0.255 e. The van der Waals surface area contributed by atoms with E-state index in [1.165, 1.54) is 0 Å². The molecule has 0 bridgehead atoms. The number of hydrogen-bond donors (Lipinski definition) is 5. The van der Waals surface area contributed by atoms with Crippen LogP contribution in [-0.2, 0) is 0 Å². The quantitative estimate of drug-likeness (QED) is 0.105. The smallest absolute Gasteiger partial charge is 0.255 e. The van der Waals surface area contributed by atoms with Gasteiger partial charge in [-0.2, -0.15) is 0 Å². The van der Waals surface area contributed by atoms with Crippen molar-refractivity contribution >= 4 is 48.3 Å². The first-order chi connectivity index (χ1) is 18.9. The predicted molar refractivity (Wildman–Crippen MR) is 169 cm³/mol. The molecule has 40 heavy (non-hydrogen) atoms. The molecule has 0 saturated heterocycles. The maximum atomic E-state index is 13.2. The van der Waals surface area contributed by atoms with Gasteiger partial charge in [0.2, 0.25) is 0 Å². The molecule has 1 atom stereocenters. The Morgan fingerprint density at radius 1 is 1.05 bits per heavy atom. The molecule has 7 nitrogen and oxygen atoms in total. The molecule has 3 rings (SSSR count). The minimum absolute atomic E-state index is 0.0505. The molecule has 9 heteroatoms. The van der Waals surface area contributed by atoms with Crippen molar-refractivity contribution in [2.75, 3.05) is 11.9 Å². The molecule has 1 unspecified atom stereocenters. The van der Waals surface area contributed by atoms with Crippen LogP contribution >= 0.6 is 24.6 Å². The Morgan fingerprint density at radius 2 is 1.75 bits per heavy atom. The molecule has 0 spiro atoms. The molecule has 0 saturated carbocycles. The molecule has 0 aliphatic heterocycles. The standard InChI is InChI=1S/C31H38N4O3S2/c1-19(2)20(3)34-29(36)22-11-9-21(10-12-22)26-17-28(39)24(18-33-14-13-31(4,5)38)16-27(26)35-30(37)23-7-6-8-25(15-23)40-32/h6-12,15-20,38-39H,13-14,32H2,1-5H3,(H,34,36)(H,35,37). The largest absolute Gasteiger partial charge is 0.390 e. The van der Waals surface area contributed by atoms with Crippen LogP contribution in [0.5, 0.6) is 0 Å². The summed E-state index contributed by atoms with van der Waals surface area (Å²) in [6, 6.07) is 18.1. The fraction of sp³-hybridized carbons (Fsp3) is 0.323. The number of benzene rings is 3. The van der Waals surface area contributed by atoms with Crippen LogP contribution in [0.15, 0.2) is 75.4 Å². The van der Waals surface area contributed by atoms with Crippen molar-refractivity contribution in [1.82, 2.24) is 5.32 Å². The number of carbonyl (C=O) groups is 2. The monoisotopic (exact) mass is 578 g/mol. The number of anilines is 1. The Labute approximate surface area is 246 Å². The van der Waals surface area contributed by atoms with Crippen LogP contribution in [0, 0.1) is 5.92 Å². The Bertz CT molecular complexity index is 1370. The van der Waals surface area contributed by atoms with Gasteiger partial charge in [-0.15, -0.1) is 12.6 Å². The Balaban J connectivity index is 1.96. The molecule has 5 N–H and O–H groups in total. The summed E-state index contributed by atoms with van der Waals surface area (Å²) in [6.45, 7) is 10.0. The SMILES string of the molecule is CC(C)C(C)NC(=O)c1ccc(-c2cc(S)c(C=NCCC(C)(C)O)cc2NC(=O)c2cccc(SN)c2)cc1. The van der Waals surface area contributed by atoms with Gasteiger partial charge in [-0.1, -0.05) is 32.0 Å². The number of thiol groups is 1. The van der Waals surface area contributed by atoms with E-state index in [9.17, 15) is 14.7 Å². The highest BCUT2D eigenvalue weighted by Crippen LogP contribution is 2.33. The van der Waals surface area contributed by atoms with E-state index >= 15 is 0 Å². The van der Waals surface area contributed by atoms with Crippen molar-refractivity contribution in [1.29, 1.82) is 0 Å². The predicted octanol–water partition coefficient (Wildman–Crippen LogP) is 6.21. The van der Waals surface area contributed by atoms with Crippen LogP contribution in [-0.4, -0.2) is 41.3 Å². The highest BCUT2D eigenvalue weighted by Gasteiger charge is 2.16. The van der Waals surface area contributed by atoms with E-state index in [2.05, 4.69) is 42.1 Å². The lowest BCUT2D eigenvalue weighted by atomic mass is 9.99. The summed E-state index contributed by atoms with van der Waals surface area (Å²) in [5.41, 5.74) is 3.08. The lowest BCUT2D eigenvalue weighted by Crippen LogP contribution is -2.36. The van der Waals surface area contributed by atoms with Crippen LogP contribution < -0.4 is 15.8 Å². The van der Waals surface area contributed by atoms with Crippen LogP contribution in [0.4, 0.5) is 5.69 Å². The van der Waals surface area contributed by atoms with E-state index in [1.807, 2.05) is 37.3 Å². The molecule has 3 aromatic carbocycles. The first-order valence-electron chi connectivity index (χ1n) is 13.2. The summed E-state index contributed by atoms with van der Waals surface area (Å²) in [7, 11) is 0. The summed E-state index contributed by atoms with van der Waals surface area (Å²) < 4.78 is 0. The highest BCUT2D eigenvalue weighted by molar-refractivity contribution is 7.97. The van der Waals surface area contributed by atoms with Crippen molar-refractivity contribution < 1.29 is 14.7 Å². The molecule has 0 heterocycles. The van der Waals surface area contributed by atoms with Crippen molar-refractivity contribution in [3.63, 3.8) is 0 Å². The van der Waals surface area contributed by atoms with E-state index < -0.39 is 5.60 Å². The maximum absolute atomic E-state index is 13.2. The highest BCUT2D eigenvalue weighted by atomic mass is 32.2. The zero-order valence-electron chi connectivity index (χ0n) is 23.6. The summed E-state index contributed by atoms with van der Waals surface area (Å²) in [5, 5.41) is 21.7. The molecule has 0 fully saturated rings. The minimum Gasteiger partial charge on any atom is -0.390 e. The lowest BCUT2D eigenvalue weighted by molar-refractivity contribution is 0.0739. The minimum atomic E-state index is -0.809. The molecule has 0 aliphatic rings. The summed E-state index contributed by atoms with van der Waals surface area (Å²) in [6.07, 6.45) is 2.21. The van der Waals surface area contributed by atoms with Crippen molar-refractivity contribution in [3.05, 3.63) is 77.4 Å². The van der Waals surface area contributed by atoms with Crippen LogP contribution in [0.3, 0.4) is 0 Å². The van der Waals surface area contributed by atoms with Gasteiger partial charge in [0, 0.05) is 56.5 Å². The first-order valence-corrected chi connectivity index (χ1v) is 14.5. The van der Waals surface area contributed by atoms with E-state index in [0.717, 1.165) is 33.5 Å². The van der Waals surface area contributed by atoms with Crippen molar-refractivity contribution in [3.8, 4) is 11.1 Å². The van der Waals surface area contributed by atoms with Gasteiger partial charge in [-0.05, 0) is 93.1 Å². The number of aliphatic hydroxyl groups is 1. The molecular weight excluding hydrogens is 541 g/mol. The van der Waals surface area contributed by atoms with Crippen molar-refractivity contribution in [2.24, 2.45) is 16.0 Å². The third-order valence-corrected chi connectivity index (χ3v) is 7.46. The number of carbonyl (C=O) groups excluding carboxylic acids is 2. The molecule has 0 aromatic heterocycles. The number of amides is 2. The summed E-state index contributed by atoms with van der Waals surface area (Å²) in [4.78, 5) is 31.8. The first kappa shape index (κ1) is 31.4. The fourth-order valence-electron chi connectivity index (χ4n) is 3.71. The van der Waals surface area contributed by atoms with Gasteiger partial charge in [-0.25, -0.2) is 0 Å². The van der Waals surface area contributed by atoms with E-state index in [1.54, 1.807) is 50.4 Å². The van der Waals surface area contributed by atoms with Crippen LogP contribution in [0.25, 0.3) is 11.1 Å². The van der Waals surface area contributed by atoms with Gasteiger partial charge in [0.1, 0.15) is 0 Å². The second kappa shape index (κ2) is 14.0. The third kappa shape index (κ3) is 8.96. The van der Waals surface area contributed by atoms with Crippen LogP contribution in [0.1, 0.15) is 67.3 Å². The average molecular weight is 579 g/mol. The van der Waals surface area contributed by atoms with Gasteiger partial charge in [0.15, 0.2) is 0 Å². The zero-order valence-corrected chi connectivity index (χ0v) is 25.3. The van der Waals surface area contributed by atoms with Crippen molar-refractivity contribution in [2.45, 2.75) is 62.5 Å². The Hall–Kier alpha value is -3.11. The number of nitrogens with zero attached hydrogens (tertiary/aromatic N) is 1. The molecule has 0 radical (unpaired) electrons. The number of nitrogens with one attached hydrogen (secondary N) is 2. The van der Waals surface area contributed by atoms with Gasteiger partial charge < -0.3 is 15.7 Å². The van der Waals surface area contributed by atoms with E-state index in [0.29, 0.717) is 40.6 Å². The van der Waals surface area contributed by atoms with Gasteiger partial charge in [0.25, 0.3) is 11.8 Å². The zero-order chi connectivity index (χ0) is 29.4. The molecule has 2 amide bonds. The summed E-state index contributed by atoms with van der Waals surface area (Å²) >= 11 is 5.76. The third-order valence-electron chi connectivity index (χ3n) is 6.55. The van der Waals surface area contributed by atoms with Gasteiger partial charge in [-0.3, -0.25) is 19.7 Å². The number of nitrogens with two attached hydrogens (primary N) is 1. The number of aliphatic imine (C=N–C) groups is 1. The molecule has 3 aromatic rings. The number of rotatable bonds is 11. The summed E-state index contributed by atoms with van der Waals surface area (Å²) in [5.74, 6) is -0.0939. The number of hydrogen-bond acceptors (Lipinski definition) is 7. The normalized spacial score (nSPS) is 12.5. The molecular formula is C31H38N4O3S2. The molecule has 212 valence electrons. The second-order valence-corrected chi connectivity index (χ2v) is 11.9. The van der Waals surface area contributed by atoms with E-state index in [4.69, 9.17) is 5.14 Å². The van der Waals surface area contributed by atoms with E-state index in [-0.39, 0.29) is 17.9 Å². The van der Waals surface area contributed by atoms with Gasteiger partial charge in [0.05, 0.1) is 5.60 Å². The lowest BCUT2D eigenvalue weighted by Gasteiger charge is -2.18. The Kier molecular flexibility index (Phi) is 11.0.